The first-order valence-electron chi connectivity index (χ1n) is 10.7. The highest BCUT2D eigenvalue weighted by Gasteiger charge is 2.31. The summed E-state index contributed by atoms with van der Waals surface area (Å²) in [7, 11) is -3.81. The second-order valence-electron chi connectivity index (χ2n) is 7.90. The average Bonchev–Trinajstić information content (AvgIpc) is 2.78. The summed E-state index contributed by atoms with van der Waals surface area (Å²) in [4.78, 5) is 4.37. The number of unbranched alkanes of at least 4 members (excludes halogenated alkanes) is 1. The molecule has 1 unspecified atom stereocenters. The second-order valence-corrected chi connectivity index (χ2v) is 10.2. The second kappa shape index (κ2) is 10.6. The van der Waals surface area contributed by atoms with Crippen LogP contribution < -0.4 is 0 Å². The van der Waals surface area contributed by atoms with Crippen LogP contribution in [0.15, 0.2) is 65.8 Å². The highest BCUT2D eigenvalue weighted by molar-refractivity contribution is 7.89. The quantitative estimate of drug-likeness (QED) is 0.415. The summed E-state index contributed by atoms with van der Waals surface area (Å²) in [6, 6.07) is 14.5. The first-order valence-corrected chi connectivity index (χ1v) is 12.5. The molecule has 7 heteroatoms. The Balaban J connectivity index is 2.04. The predicted octanol–water partition coefficient (Wildman–Crippen LogP) is 5.54. The van der Waals surface area contributed by atoms with Gasteiger partial charge in [-0.1, -0.05) is 35.9 Å². The Morgan fingerprint density at radius 1 is 1.09 bits per heavy atom. The third-order valence-corrected chi connectivity index (χ3v) is 8.25. The van der Waals surface area contributed by atoms with E-state index in [0.29, 0.717) is 30.0 Å². The normalized spacial score (nSPS) is 12.8. The number of hydrogen-bond donors (Lipinski definition) is 1. The van der Waals surface area contributed by atoms with Crippen LogP contribution in [0.25, 0.3) is 11.1 Å². The van der Waals surface area contributed by atoms with Gasteiger partial charge in [-0.2, -0.15) is 4.31 Å². The van der Waals surface area contributed by atoms with Crippen molar-refractivity contribution in [3.8, 4) is 11.1 Å². The van der Waals surface area contributed by atoms with Crippen molar-refractivity contribution in [1.82, 2.24) is 9.29 Å². The van der Waals surface area contributed by atoms with Gasteiger partial charge >= 0.3 is 0 Å². The van der Waals surface area contributed by atoms with Crippen LogP contribution in [0.4, 0.5) is 0 Å². The fourth-order valence-electron chi connectivity index (χ4n) is 3.82. The van der Waals surface area contributed by atoms with Crippen LogP contribution in [0.2, 0.25) is 5.02 Å². The van der Waals surface area contributed by atoms with Crippen molar-refractivity contribution < 1.29 is 13.5 Å². The first-order chi connectivity index (χ1) is 15.3. The van der Waals surface area contributed by atoms with E-state index < -0.39 is 16.1 Å². The standard InChI is InChI=1S/C25H29ClN2O3S/c1-18-17-27-13-12-23(18)22-9-6-8-21(16-22)20(3)28(14-4-5-15-29)32(30,31)25-11-7-10-24(26)19(25)2/h6-13,16-17,20,29H,4-5,14-15H2,1-3H3. The third-order valence-electron chi connectivity index (χ3n) is 5.72. The lowest BCUT2D eigenvalue weighted by molar-refractivity contribution is 0.268. The van der Waals surface area contributed by atoms with Gasteiger partial charge in [0.25, 0.3) is 0 Å². The molecular formula is C25H29ClN2O3S. The van der Waals surface area contributed by atoms with Gasteiger partial charge in [-0.25, -0.2) is 8.42 Å². The summed E-state index contributed by atoms with van der Waals surface area (Å²) in [5, 5.41) is 9.65. The number of halogens is 1. The van der Waals surface area contributed by atoms with Crippen molar-refractivity contribution in [3.63, 3.8) is 0 Å². The highest BCUT2D eigenvalue weighted by atomic mass is 35.5. The molecule has 32 heavy (non-hydrogen) atoms. The average molecular weight is 473 g/mol. The molecule has 0 saturated heterocycles. The molecule has 170 valence electrons. The minimum atomic E-state index is -3.81. The van der Waals surface area contributed by atoms with Crippen molar-refractivity contribution in [1.29, 1.82) is 0 Å². The Hall–Kier alpha value is -2.25. The van der Waals surface area contributed by atoms with Crippen LogP contribution in [0, 0.1) is 13.8 Å². The molecule has 1 heterocycles. The smallest absolute Gasteiger partial charge is 0.243 e. The molecule has 0 bridgehead atoms. The number of pyridine rings is 1. The fraction of sp³-hybridized carbons (Fsp3) is 0.320. The molecule has 1 atom stereocenters. The zero-order valence-electron chi connectivity index (χ0n) is 18.6. The number of aromatic nitrogens is 1. The summed E-state index contributed by atoms with van der Waals surface area (Å²) >= 11 is 6.23. The van der Waals surface area contributed by atoms with E-state index in [0.717, 1.165) is 22.3 Å². The number of hydrogen-bond acceptors (Lipinski definition) is 4. The topological polar surface area (TPSA) is 70.5 Å². The SMILES string of the molecule is Cc1cnccc1-c1cccc(C(C)N(CCCCO)S(=O)(=O)c2cccc(Cl)c2C)c1. The van der Waals surface area contributed by atoms with Gasteiger partial charge in [0, 0.05) is 36.6 Å². The van der Waals surface area contributed by atoms with Crippen molar-refractivity contribution >= 4 is 21.6 Å². The Morgan fingerprint density at radius 2 is 1.84 bits per heavy atom. The van der Waals surface area contributed by atoms with Crippen molar-refractivity contribution in [3.05, 3.63) is 82.6 Å². The molecule has 3 aromatic rings. The Bertz CT molecular complexity index is 1180. The first kappa shape index (κ1) is 24.4. The van der Waals surface area contributed by atoms with E-state index in [1.54, 1.807) is 31.3 Å². The molecule has 3 rings (SSSR count). The lowest BCUT2D eigenvalue weighted by Crippen LogP contribution is -2.35. The predicted molar refractivity (Wildman–Crippen MR) is 129 cm³/mol. The van der Waals surface area contributed by atoms with E-state index in [-0.39, 0.29) is 11.5 Å². The van der Waals surface area contributed by atoms with Crippen LogP contribution in [0.3, 0.4) is 0 Å². The van der Waals surface area contributed by atoms with E-state index in [4.69, 9.17) is 11.6 Å². The Labute approximate surface area is 195 Å². The van der Waals surface area contributed by atoms with Gasteiger partial charge in [-0.3, -0.25) is 4.98 Å². The molecule has 0 spiro atoms. The molecule has 0 radical (unpaired) electrons. The number of aryl methyl sites for hydroxylation is 1. The van der Waals surface area contributed by atoms with Gasteiger partial charge in [-0.15, -0.1) is 0 Å². The molecule has 2 aromatic carbocycles. The van der Waals surface area contributed by atoms with Crippen LogP contribution in [0.1, 0.15) is 42.5 Å². The summed E-state index contributed by atoms with van der Waals surface area (Å²) in [6.45, 7) is 5.95. The van der Waals surface area contributed by atoms with E-state index in [9.17, 15) is 13.5 Å². The molecule has 0 saturated carbocycles. The van der Waals surface area contributed by atoms with Gasteiger partial charge in [0.1, 0.15) is 0 Å². The lowest BCUT2D eigenvalue weighted by atomic mass is 9.98. The van der Waals surface area contributed by atoms with E-state index >= 15 is 0 Å². The van der Waals surface area contributed by atoms with E-state index in [2.05, 4.69) is 4.98 Å². The molecule has 0 fully saturated rings. The molecule has 0 amide bonds. The molecule has 1 aromatic heterocycles. The lowest BCUT2D eigenvalue weighted by Gasteiger charge is -2.30. The maximum Gasteiger partial charge on any atom is 0.243 e. The molecule has 0 aliphatic rings. The maximum atomic E-state index is 13.7. The number of aliphatic hydroxyl groups is 1. The van der Waals surface area contributed by atoms with Crippen molar-refractivity contribution in [2.45, 2.75) is 44.6 Å². The Kier molecular flexibility index (Phi) is 8.06. The maximum absolute atomic E-state index is 13.7. The minimum Gasteiger partial charge on any atom is -0.396 e. The molecule has 1 N–H and O–H groups in total. The minimum absolute atomic E-state index is 0.0231. The summed E-state index contributed by atoms with van der Waals surface area (Å²) in [5.74, 6) is 0. The van der Waals surface area contributed by atoms with Gasteiger partial charge in [0.2, 0.25) is 10.0 Å². The number of aliphatic hydroxyl groups excluding tert-OH is 1. The molecule has 0 aliphatic carbocycles. The van der Waals surface area contributed by atoms with Crippen LogP contribution >= 0.6 is 11.6 Å². The number of nitrogens with zero attached hydrogens (tertiary/aromatic N) is 2. The zero-order valence-corrected chi connectivity index (χ0v) is 20.2. The highest BCUT2D eigenvalue weighted by Crippen LogP contribution is 2.33. The largest absolute Gasteiger partial charge is 0.396 e. The summed E-state index contributed by atoms with van der Waals surface area (Å²) in [6.07, 6.45) is 4.66. The van der Waals surface area contributed by atoms with Gasteiger partial charge < -0.3 is 5.11 Å². The van der Waals surface area contributed by atoms with Crippen LogP contribution in [-0.2, 0) is 10.0 Å². The molecule has 0 aliphatic heterocycles. The van der Waals surface area contributed by atoms with Gasteiger partial charge in [-0.05, 0) is 85.7 Å². The molecule has 5 nitrogen and oxygen atoms in total. The summed E-state index contributed by atoms with van der Waals surface area (Å²) in [5.41, 5.74) is 4.57. The monoisotopic (exact) mass is 472 g/mol. The number of benzene rings is 2. The fourth-order valence-corrected chi connectivity index (χ4v) is 5.96. The van der Waals surface area contributed by atoms with Crippen LogP contribution in [0.5, 0.6) is 0 Å². The van der Waals surface area contributed by atoms with Crippen molar-refractivity contribution in [2.75, 3.05) is 13.2 Å². The van der Waals surface area contributed by atoms with Gasteiger partial charge in [0.15, 0.2) is 0 Å². The molecular weight excluding hydrogens is 444 g/mol. The zero-order chi connectivity index (χ0) is 23.3. The number of rotatable bonds is 9. The Morgan fingerprint density at radius 3 is 2.56 bits per heavy atom. The van der Waals surface area contributed by atoms with Crippen LogP contribution in [-0.4, -0.2) is 36.0 Å². The van der Waals surface area contributed by atoms with E-state index in [1.165, 1.54) is 4.31 Å². The van der Waals surface area contributed by atoms with Gasteiger partial charge in [0.05, 0.1) is 4.90 Å². The van der Waals surface area contributed by atoms with Crippen molar-refractivity contribution in [2.24, 2.45) is 0 Å². The third kappa shape index (κ3) is 5.21. The number of sulfonamides is 1. The van der Waals surface area contributed by atoms with E-state index in [1.807, 2.05) is 50.4 Å². The summed E-state index contributed by atoms with van der Waals surface area (Å²) < 4.78 is 29.0.